The molecule has 18 heavy (non-hydrogen) atoms. The minimum Gasteiger partial charge on any atom is -0.303 e. The zero-order chi connectivity index (χ0) is 12.5. The van der Waals surface area contributed by atoms with Gasteiger partial charge in [-0.3, -0.25) is 4.79 Å². The first-order valence-corrected chi connectivity index (χ1v) is 7.03. The molecule has 0 fully saturated rings. The lowest BCUT2D eigenvalue weighted by Gasteiger charge is -2.31. The predicted molar refractivity (Wildman–Crippen MR) is 74.3 cm³/mol. The van der Waals surface area contributed by atoms with E-state index in [0.717, 1.165) is 17.6 Å². The molecule has 0 aliphatic carbocycles. The lowest BCUT2D eigenvalue weighted by atomic mass is 9.88. The molecule has 0 bridgehead atoms. The monoisotopic (exact) mass is 257 g/mol. The van der Waals surface area contributed by atoms with Crippen LogP contribution in [0, 0.1) is 0 Å². The molecule has 1 aromatic carbocycles. The van der Waals surface area contributed by atoms with Crippen LogP contribution in [-0.4, -0.2) is 12.3 Å². The van der Waals surface area contributed by atoms with Gasteiger partial charge in [-0.15, -0.1) is 11.3 Å². The SMILES string of the molecule is CC1Cc2ccccc2C(c2csc(C=O)c2)N1. The van der Waals surface area contributed by atoms with Crippen molar-refractivity contribution in [2.24, 2.45) is 0 Å². The molecule has 92 valence electrons. The van der Waals surface area contributed by atoms with Crippen LogP contribution in [0.25, 0.3) is 0 Å². The van der Waals surface area contributed by atoms with Crippen LogP contribution in [0.2, 0.25) is 0 Å². The highest BCUT2D eigenvalue weighted by atomic mass is 32.1. The van der Waals surface area contributed by atoms with Crippen LogP contribution in [-0.2, 0) is 6.42 Å². The molecular formula is C15H15NOS. The lowest BCUT2D eigenvalue weighted by Crippen LogP contribution is -2.37. The summed E-state index contributed by atoms with van der Waals surface area (Å²) in [7, 11) is 0. The van der Waals surface area contributed by atoms with E-state index in [1.54, 1.807) is 0 Å². The second kappa shape index (κ2) is 4.67. The Balaban J connectivity index is 2.04. The van der Waals surface area contributed by atoms with Crippen LogP contribution < -0.4 is 5.32 Å². The quantitative estimate of drug-likeness (QED) is 0.837. The molecule has 3 heteroatoms. The van der Waals surface area contributed by atoms with Crippen molar-refractivity contribution in [3.63, 3.8) is 0 Å². The van der Waals surface area contributed by atoms with E-state index in [1.165, 1.54) is 28.0 Å². The van der Waals surface area contributed by atoms with Crippen LogP contribution >= 0.6 is 11.3 Å². The van der Waals surface area contributed by atoms with Gasteiger partial charge in [0.05, 0.1) is 10.9 Å². The molecule has 0 radical (unpaired) electrons. The summed E-state index contributed by atoms with van der Waals surface area (Å²) in [6, 6.07) is 11.2. The fourth-order valence-corrected chi connectivity index (χ4v) is 3.36. The van der Waals surface area contributed by atoms with Crippen LogP contribution in [0.5, 0.6) is 0 Å². The van der Waals surface area contributed by atoms with Crippen molar-refractivity contribution in [2.75, 3.05) is 0 Å². The van der Waals surface area contributed by atoms with Crippen molar-refractivity contribution in [2.45, 2.75) is 25.4 Å². The number of carbonyl (C=O) groups excluding carboxylic acids is 1. The van der Waals surface area contributed by atoms with Crippen LogP contribution in [0.3, 0.4) is 0 Å². The van der Waals surface area contributed by atoms with E-state index >= 15 is 0 Å². The van der Waals surface area contributed by atoms with Gasteiger partial charge in [0.25, 0.3) is 0 Å². The summed E-state index contributed by atoms with van der Waals surface area (Å²) in [6.45, 7) is 2.20. The maximum Gasteiger partial charge on any atom is 0.160 e. The van der Waals surface area contributed by atoms with Gasteiger partial charge in [-0.2, -0.15) is 0 Å². The normalized spacial score (nSPS) is 22.5. The van der Waals surface area contributed by atoms with Gasteiger partial charge in [0.1, 0.15) is 0 Å². The third-order valence-electron chi connectivity index (χ3n) is 3.43. The van der Waals surface area contributed by atoms with Crippen molar-refractivity contribution < 1.29 is 4.79 Å². The molecule has 0 amide bonds. The van der Waals surface area contributed by atoms with Gasteiger partial charge < -0.3 is 5.32 Å². The van der Waals surface area contributed by atoms with Crippen molar-refractivity contribution in [1.82, 2.24) is 5.32 Å². The summed E-state index contributed by atoms with van der Waals surface area (Å²) in [5.41, 5.74) is 3.94. The average Bonchev–Trinajstić information content (AvgIpc) is 2.86. The molecule has 2 heterocycles. The molecular weight excluding hydrogens is 242 g/mol. The average molecular weight is 257 g/mol. The standard InChI is InChI=1S/C15H15NOS/c1-10-6-11-4-2-3-5-14(11)15(16-10)12-7-13(8-17)18-9-12/h2-5,7-10,15-16H,6H2,1H3. The Morgan fingerprint density at radius 3 is 3.00 bits per heavy atom. The first-order chi connectivity index (χ1) is 8.78. The van der Waals surface area contributed by atoms with Gasteiger partial charge in [0, 0.05) is 6.04 Å². The molecule has 1 aromatic heterocycles. The molecule has 0 saturated carbocycles. The number of hydrogen-bond donors (Lipinski definition) is 1. The van der Waals surface area contributed by atoms with E-state index in [1.807, 2.05) is 6.07 Å². The van der Waals surface area contributed by atoms with Crippen molar-refractivity contribution >= 4 is 17.6 Å². The van der Waals surface area contributed by atoms with Gasteiger partial charge in [0.2, 0.25) is 0 Å². The minimum atomic E-state index is 0.217. The molecule has 2 nitrogen and oxygen atoms in total. The van der Waals surface area contributed by atoms with Gasteiger partial charge >= 0.3 is 0 Å². The molecule has 2 atom stereocenters. The summed E-state index contributed by atoms with van der Waals surface area (Å²) >= 11 is 1.51. The van der Waals surface area contributed by atoms with Crippen molar-refractivity contribution in [3.8, 4) is 0 Å². The Bertz CT molecular complexity index is 575. The molecule has 1 aliphatic rings. The Morgan fingerprint density at radius 2 is 2.22 bits per heavy atom. The number of aldehydes is 1. The first-order valence-electron chi connectivity index (χ1n) is 6.15. The topological polar surface area (TPSA) is 29.1 Å². The van der Waals surface area contributed by atoms with Gasteiger partial charge in [-0.25, -0.2) is 0 Å². The van der Waals surface area contributed by atoms with E-state index in [0.29, 0.717) is 6.04 Å². The smallest absolute Gasteiger partial charge is 0.160 e. The van der Waals surface area contributed by atoms with Gasteiger partial charge in [-0.1, -0.05) is 24.3 Å². The van der Waals surface area contributed by atoms with Crippen LogP contribution in [0.1, 0.15) is 39.3 Å². The van der Waals surface area contributed by atoms with Gasteiger partial charge in [-0.05, 0) is 41.5 Å². The largest absolute Gasteiger partial charge is 0.303 e. The summed E-state index contributed by atoms with van der Waals surface area (Å²) in [6.07, 6.45) is 1.99. The minimum absolute atomic E-state index is 0.217. The van der Waals surface area contributed by atoms with E-state index in [2.05, 4.69) is 41.9 Å². The van der Waals surface area contributed by atoms with Crippen LogP contribution in [0.4, 0.5) is 0 Å². The Hall–Kier alpha value is -1.45. The summed E-state index contributed by atoms with van der Waals surface area (Å²) in [4.78, 5) is 11.6. The molecule has 0 saturated heterocycles. The fourth-order valence-electron chi connectivity index (χ4n) is 2.62. The molecule has 1 N–H and O–H groups in total. The highest BCUT2D eigenvalue weighted by Gasteiger charge is 2.25. The maximum atomic E-state index is 10.8. The highest BCUT2D eigenvalue weighted by Crippen LogP contribution is 2.32. The molecule has 2 unspecified atom stereocenters. The molecule has 2 aromatic rings. The van der Waals surface area contributed by atoms with Crippen molar-refractivity contribution in [3.05, 3.63) is 57.3 Å². The predicted octanol–water partition coefficient (Wildman–Crippen LogP) is 3.18. The Morgan fingerprint density at radius 1 is 1.39 bits per heavy atom. The number of rotatable bonds is 2. The number of fused-ring (bicyclic) bond motifs is 1. The number of hydrogen-bond acceptors (Lipinski definition) is 3. The number of nitrogens with one attached hydrogen (secondary N) is 1. The van der Waals surface area contributed by atoms with E-state index < -0.39 is 0 Å². The zero-order valence-electron chi connectivity index (χ0n) is 10.2. The summed E-state index contributed by atoms with van der Waals surface area (Å²) in [5.74, 6) is 0. The summed E-state index contributed by atoms with van der Waals surface area (Å²) in [5, 5.41) is 5.70. The highest BCUT2D eigenvalue weighted by molar-refractivity contribution is 7.11. The second-order valence-corrected chi connectivity index (χ2v) is 5.75. The molecule has 1 aliphatic heterocycles. The van der Waals surface area contributed by atoms with E-state index in [9.17, 15) is 4.79 Å². The summed E-state index contributed by atoms with van der Waals surface area (Å²) < 4.78 is 0. The van der Waals surface area contributed by atoms with E-state index in [-0.39, 0.29) is 6.04 Å². The number of benzene rings is 1. The third kappa shape index (κ3) is 2.00. The number of carbonyl (C=O) groups is 1. The molecule has 3 rings (SSSR count). The Kier molecular flexibility index (Phi) is 3.02. The second-order valence-electron chi connectivity index (χ2n) is 4.80. The van der Waals surface area contributed by atoms with E-state index in [4.69, 9.17) is 0 Å². The Labute approximate surface area is 111 Å². The maximum absolute atomic E-state index is 10.8. The van der Waals surface area contributed by atoms with Crippen molar-refractivity contribution in [1.29, 1.82) is 0 Å². The molecule has 0 spiro atoms. The zero-order valence-corrected chi connectivity index (χ0v) is 11.0. The third-order valence-corrected chi connectivity index (χ3v) is 4.31. The fraction of sp³-hybridized carbons (Fsp3) is 0.267. The number of thiophene rings is 1. The first kappa shape index (κ1) is 11.6. The van der Waals surface area contributed by atoms with Gasteiger partial charge in [0.15, 0.2) is 6.29 Å². The van der Waals surface area contributed by atoms with Crippen LogP contribution in [0.15, 0.2) is 35.7 Å². The lowest BCUT2D eigenvalue weighted by molar-refractivity contribution is 0.112.